The maximum Gasteiger partial charge on any atom is 3.00 e. The summed E-state index contributed by atoms with van der Waals surface area (Å²) in [4.78, 5) is 14.7. The van der Waals surface area contributed by atoms with Crippen molar-refractivity contribution in [2.45, 2.75) is 85.0 Å². The van der Waals surface area contributed by atoms with Gasteiger partial charge in [0.25, 0.3) is 0 Å². The minimum atomic E-state index is -0.0360. The van der Waals surface area contributed by atoms with E-state index in [1.54, 1.807) is 0 Å². The Hall–Kier alpha value is -9.70. The van der Waals surface area contributed by atoms with Crippen molar-refractivity contribution in [2.24, 2.45) is 0 Å². The van der Waals surface area contributed by atoms with Crippen LogP contribution < -0.4 is 0 Å². The quantitative estimate of drug-likeness (QED) is 0.108. The van der Waals surface area contributed by atoms with Gasteiger partial charge in [0, 0.05) is 18.6 Å². The molecule has 0 amide bonds. The van der Waals surface area contributed by atoms with Crippen LogP contribution in [0.15, 0.2) is 273 Å². The first-order valence-corrected chi connectivity index (χ1v) is 31.7. The van der Waals surface area contributed by atoms with Crippen molar-refractivity contribution >= 4 is 0 Å². The number of nitrogens with zero attached hydrogens (tertiary/aromatic N) is 3. The third-order valence-corrected chi connectivity index (χ3v) is 17.6. The first-order chi connectivity index (χ1) is 44.0. The average molecular weight is 1370 g/mol. The Morgan fingerprint density at radius 1 is 0.272 bits per heavy atom. The molecule has 3 nitrogen and oxygen atoms in total. The fourth-order valence-electron chi connectivity index (χ4n) is 12.5. The van der Waals surface area contributed by atoms with Crippen LogP contribution in [0.25, 0.3) is 123 Å². The van der Waals surface area contributed by atoms with Gasteiger partial charge in [0.15, 0.2) is 0 Å². The molecule has 0 saturated carbocycles. The van der Waals surface area contributed by atoms with Gasteiger partial charge in [-0.1, -0.05) is 307 Å². The second kappa shape index (κ2) is 26.3. The van der Waals surface area contributed by atoms with Crippen LogP contribution in [0.4, 0.5) is 0 Å². The van der Waals surface area contributed by atoms with Crippen LogP contribution >= 0.6 is 0 Å². The molecule has 3 heterocycles. The largest absolute Gasteiger partial charge is 3.00 e. The smallest absolute Gasteiger partial charge is 0.305 e. The standard InChI is InChI=1S/C88H74N3.Ir/c1-86(2,3)69-43-46-89-83(56-69)64-37-40-77(80(53-64)60-25-13-10-14-26-60)72-32-20-19-31-63(72)49-59-50-67(73-33-21-23-35-75(73)78-41-38-65(54-81(78)61-27-15-11-16-28-61)84-57-70(44-47-90-84)87(4,5)6)52-68(51-59)74-34-22-24-36-76(74)79-42-39-66(55-82(79)62-29-17-12-18-30-62)85-58-71(45-48-91-85)88(7,8)9;/h10-36,40-48,50-58H,49H2,1-9H3;/q-3;+3. The van der Waals surface area contributed by atoms with E-state index in [1.165, 1.54) is 27.8 Å². The van der Waals surface area contributed by atoms with Crippen LogP contribution in [0.3, 0.4) is 0 Å². The molecule has 0 aliphatic carbocycles. The molecule has 0 aliphatic rings. The van der Waals surface area contributed by atoms with Crippen LogP contribution in [0, 0.1) is 18.2 Å². The van der Waals surface area contributed by atoms with Crippen LogP contribution in [-0.2, 0) is 42.8 Å². The third kappa shape index (κ3) is 13.4. The second-order valence-electron chi connectivity index (χ2n) is 27.0. The van der Waals surface area contributed by atoms with Crippen LogP contribution in [0.2, 0.25) is 0 Å². The molecule has 0 fully saturated rings. The fourth-order valence-corrected chi connectivity index (χ4v) is 12.5. The Morgan fingerprint density at radius 2 is 0.576 bits per heavy atom. The molecule has 10 aromatic carbocycles. The van der Waals surface area contributed by atoms with Crippen molar-refractivity contribution in [1.82, 2.24) is 15.0 Å². The van der Waals surface area contributed by atoms with E-state index in [0.29, 0.717) is 6.42 Å². The normalized spacial score (nSPS) is 11.7. The molecule has 0 atom stereocenters. The van der Waals surface area contributed by atoms with Crippen molar-refractivity contribution in [2.75, 3.05) is 0 Å². The van der Waals surface area contributed by atoms with E-state index in [-0.39, 0.29) is 36.4 Å². The number of rotatable bonds is 13. The Balaban J connectivity index is 0.00000816. The number of pyridine rings is 3. The molecule has 13 aromatic rings. The Kier molecular flexibility index (Phi) is 17.8. The van der Waals surface area contributed by atoms with Crippen molar-refractivity contribution in [3.8, 4) is 123 Å². The summed E-state index contributed by atoms with van der Waals surface area (Å²) in [5, 5.41) is 0. The summed E-state index contributed by atoms with van der Waals surface area (Å²) >= 11 is 0. The zero-order valence-corrected chi connectivity index (χ0v) is 56.3. The van der Waals surface area contributed by atoms with Crippen molar-refractivity contribution < 1.29 is 20.1 Å². The molecule has 0 N–H and O–H groups in total. The zero-order chi connectivity index (χ0) is 62.9. The first-order valence-electron chi connectivity index (χ1n) is 31.7. The molecule has 3 aromatic heterocycles. The summed E-state index contributed by atoms with van der Waals surface area (Å²) in [7, 11) is 0. The molecule has 13 rings (SSSR count). The van der Waals surface area contributed by atoms with E-state index in [2.05, 4.69) is 335 Å². The predicted octanol–water partition coefficient (Wildman–Crippen LogP) is 23.1. The molecule has 0 saturated heterocycles. The number of hydrogen-bond donors (Lipinski definition) is 0. The van der Waals surface area contributed by atoms with Crippen molar-refractivity contribution in [1.29, 1.82) is 0 Å². The molecular formula is C88H74IrN3. The van der Waals surface area contributed by atoms with Crippen molar-refractivity contribution in [3.63, 3.8) is 0 Å². The summed E-state index contributed by atoms with van der Waals surface area (Å²) in [6, 6.07) is 104. The van der Waals surface area contributed by atoms with Crippen molar-refractivity contribution in [3.05, 3.63) is 319 Å². The van der Waals surface area contributed by atoms with Gasteiger partial charge in [-0.25, -0.2) is 0 Å². The Morgan fingerprint density at radius 3 is 0.924 bits per heavy atom. The van der Waals surface area contributed by atoms with E-state index in [0.717, 1.165) is 123 Å². The van der Waals surface area contributed by atoms with Gasteiger partial charge in [0.2, 0.25) is 0 Å². The summed E-state index contributed by atoms with van der Waals surface area (Å²) in [6.45, 7) is 20.2. The first kappa shape index (κ1) is 62.5. The van der Waals surface area contributed by atoms with E-state index in [4.69, 9.17) is 15.0 Å². The molecule has 0 unspecified atom stereocenters. The molecule has 4 heteroatoms. The molecule has 0 aliphatic heterocycles. The molecule has 0 spiro atoms. The third-order valence-electron chi connectivity index (χ3n) is 17.6. The van der Waals surface area contributed by atoms with Gasteiger partial charge >= 0.3 is 20.1 Å². The van der Waals surface area contributed by atoms with Gasteiger partial charge in [-0.3, -0.25) is 0 Å². The van der Waals surface area contributed by atoms with Crippen LogP contribution in [-0.4, -0.2) is 15.0 Å². The molecule has 92 heavy (non-hydrogen) atoms. The van der Waals surface area contributed by atoms with Gasteiger partial charge in [-0.05, 0) is 131 Å². The van der Waals surface area contributed by atoms with E-state index >= 15 is 0 Å². The summed E-state index contributed by atoms with van der Waals surface area (Å²) in [5.41, 5.74) is 29.5. The second-order valence-corrected chi connectivity index (χ2v) is 27.0. The number of benzene rings is 10. The maximum absolute atomic E-state index is 4.92. The monoisotopic (exact) mass is 1370 g/mol. The van der Waals surface area contributed by atoms with E-state index in [9.17, 15) is 0 Å². The maximum atomic E-state index is 4.92. The average Bonchev–Trinajstić information content (AvgIpc) is 0.800. The number of hydrogen-bond acceptors (Lipinski definition) is 3. The van der Waals surface area contributed by atoms with Crippen LogP contribution in [0.1, 0.15) is 90.1 Å². The summed E-state index contributed by atoms with van der Waals surface area (Å²) < 4.78 is 0. The predicted molar refractivity (Wildman–Crippen MR) is 381 cm³/mol. The van der Waals surface area contributed by atoms with E-state index in [1.807, 2.05) is 18.6 Å². The van der Waals surface area contributed by atoms with Gasteiger partial charge in [-0.2, -0.15) is 0 Å². The summed E-state index contributed by atoms with van der Waals surface area (Å²) in [5.74, 6) is 0. The van der Waals surface area contributed by atoms with Gasteiger partial charge < -0.3 is 15.0 Å². The Labute approximate surface area is 558 Å². The van der Waals surface area contributed by atoms with E-state index < -0.39 is 0 Å². The minimum Gasteiger partial charge on any atom is -0.305 e. The minimum absolute atomic E-state index is 0. The van der Waals surface area contributed by atoms with Gasteiger partial charge in [0.05, 0.1) is 0 Å². The molecule has 0 radical (unpaired) electrons. The zero-order valence-electron chi connectivity index (χ0n) is 53.9. The SMILES string of the molecule is CC(C)(C)c1ccnc(-c2[c-]cc(-c3ccccc3Cc3cc(-c4ccccc4-c4c[c-]c(-c5cc(C(C)(C)C)ccn5)cc4-c4ccccc4)cc(-c4ccccc4-c4c[c-]c(-c5cc(C(C)(C)C)ccn5)cc4-c4ccccc4)c3)c(-c3ccccc3)c2)c1.[Ir+3]. The molecule has 450 valence electrons. The fraction of sp³-hybridized carbons (Fsp3) is 0.148. The molecular weight excluding hydrogens is 1290 g/mol. The summed E-state index contributed by atoms with van der Waals surface area (Å²) in [6.07, 6.45) is 6.44. The number of aromatic nitrogens is 3. The van der Waals surface area contributed by atoms with Crippen LogP contribution in [0.5, 0.6) is 0 Å². The topological polar surface area (TPSA) is 38.7 Å². The van der Waals surface area contributed by atoms with Gasteiger partial charge in [0.1, 0.15) is 0 Å². The van der Waals surface area contributed by atoms with Gasteiger partial charge in [-0.15, -0.1) is 71.3 Å². The Bertz CT molecular complexity index is 4570. The molecule has 0 bridgehead atoms.